The second-order valence-corrected chi connectivity index (χ2v) is 5.28. The highest BCUT2D eigenvalue weighted by molar-refractivity contribution is 5.86. The quantitative estimate of drug-likeness (QED) is 0.764. The van der Waals surface area contributed by atoms with E-state index in [1.54, 1.807) is 6.33 Å². The molecule has 3 aromatic rings. The summed E-state index contributed by atoms with van der Waals surface area (Å²) >= 11 is 0. The Hall–Kier alpha value is -2.37. The first-order chi connectivity index (χ1) is 9.65. The maximum absolute atomic E-state index is 4.36. The molecule has 0 saturated heterocycles. The number of aromatic nitrogens is 5. The molecular formula is C14H18N6. The molecule has 2 N–H and O–H groups in total. The van der Waals surface area contributed by atoms with E-state index < -0.39 is 0 Å². The van der Waals surface area contributed by atoms with Crippen molar-refractivity contribution in [1.29, 1.82) is 0 Å². The number of nitrogens with one attached hydrogen (secondary N) is 2. The third-order valence-corrected chi connectivity index (χ3v) is 3.40. The predicted molar refractivity (Wildman–Crippen MR) is 78.3 cm³/mol. The Morgan fingerprint density at radius 3 is 2.85 bits per heavy atom. The number of fused-ring (bicyclic) bond motifs is 1. The van der Waals surface area contributed by atoms with Crippen molar-refractivity contribution in [2.45, 2.75) is 19.9 Å². The van der Waals surface area contributed by atoms with Gasteiger partial charge in [0.1, 0.15) is 17.8 Å². The van der Waals surface area contributed by atoms with Gasteiger partial charge in [-0.2, -0.15) is 5.10 Å². The fourth-order valence-electron chi connectivity index (χ4n) is 2.37. The second-order valence-electron chi connectivity index (χ2n) is 5.28. The lowest BCUT2D eigenvalue weighted by Gasteiger charge is -2.22. The molecule has 0 saturated carbocycles. The minimum Gasteiger partial charge on any atom is -0.362 e. The number of hydrogen-bond acceptors (Lipinski definition) is 4. The zero-order chi connectivity index (χ0) is 14.1. The van der Waals surface area contributed by atoms with Crippen molar-refractivity contribution >= 4 is 16.9 Å². The highest BCUT2D eigenvalue weighted by atomic mass is 15.2. The van der Waals surface area contributed by atoms with Crippen molar-refractivity contribution in [1.82, 2.24) is 24.7 Å². The number of aromatic amines is 1. The van der Waals surface area contributed by atoms with E-state index in [0.717, 1.165) is 22.4 Å². The Kier molecular flexibility index (Phi) is 3.14. The Balaban J connectivity index is 1.96. The van der Waals surface area contributed by atoms with E-state index in [-0.39, 0.29) is 6.04 Å². The molecular weight excluding hydrogens is 252 g/mol. The molecule has 0 unspecified atom stereocenters. The highest BCUT2D eigenvalue weighted by Crippen LogP contribution is 2.28. The Bertz CT molecular complexity index is 711. The van der Waals surface area contributed by atoms with Crippen molar-refractivity contribution in [3.05, 3.63) is 36.5 Å². The molecule has 20 heavy (non-hydrogen) atoms. The van der Waals surface area contributed by atoms with Gasteiger partial charge in [-0.3, -0.25) is 4.68 Å². The summed E-state index contributed by atoms with van der Waals surface area (Å²) in [7, 11) is 1.93. The Morgan fingerprint density at radius 1 is 1.30 bits per heavy atom. The first kappa shape index (κ1) is 12.7. The molecule has 6 nitrogen and oxygen atoms in total. The Morgan fingerprint density at radius 2 is 2.15 bits per heavy atom. The van der Waals surface area contributed by atoms with E-state index in [1.807, 2.05) is 36.4 Å². The van der Waals surface area contributed by atoms with Crippen molar-refractivity contribution in [3.8, 4) is 0 Å². The van der Waals surface area contributed by atoms with Crippen LogP contribution in [0.5, 0.6) is 0 Å². The zero-order valence-corrected chi connectivity index (χ0v) is 11.8. The first-order valence-corrected chi connectivity index (χ1v) is 6.68. The van der Waals surface area contributed by atoms with E-state index in [9.17, 15) is 0 Å². The lowest BCUT2D eigenvalue weighted by Crippen LogP contribution is -2.17. The third kappa shape index (κ3) is 2.24. The normalized spacial score (nSPS) is 13.0. The monoisotopic (exact) mass is 270 g/mol. The standard InChI is InChI=1S/C14H18N6/c1-9(2)12(10-6-18-20(3)7-10)19-14-11-4-5-15-13(11)16-8-17-14/h4-9,12H,1-3H3,(H2,15,16,17,19)/t12-/m0/s1. The highest BCUT2D eigenvalue weighted by Gasteiger charge is 2.19. The van der Waals surface area contributed by atoms with Crippen LogP contribution >= 0.6 is 0 Å². The molecule has 0 amide bonds. The van der Waals surface area contributed by atoms with Gasteiger partial charge in [0.2, 0.25) is 0 Å². The molecule has 0 aromatic carbocycles. The zero-order valence-electron chi connectivity index (χ0n) is 11.8. The molecule has 3 heterocycles. The van der Waals surface area contributed by atoms with Crippen molar-refractivity contribution < 1.29 is 0 Å². The molecule has 0 spiro atoms. The molecule has 0 aliphatic heterocycles. The molecule has 0 radical (unpaired) electrons. The van der Waals surface area contributed by atoms with Crippen molar-refractivity contribution in [3.63, 3.8) is 0 Å². The lowest BCUT2D eigenvalue weighted by atomic mass is 9.99. The first-order valence-electron chi connectivity index (χ1n) is 6.68. The van der Waals surface area contributed by atoms with Crippen LogP contribution in [0, 0.1) is 5.92 Å². The minimum absolute atomic E-state index is 0.164. The molecule has 0 fully saturated rings. The fraction of sp³-hybridized carbons (Fsp3) is 0.357. The van der Waals surface area contributed by atoms with Gasteiger partial charge >= 0.3 is 0 Å². The SMILES string of the molecule is CC(C)[C@H](Nc1ncnc2[nH]ccc12)c1cnn(C)c1. The van der Waals surface area contributed by atoms with Gasteiger partial charge in [-0.15, -0.1) is 0 Å². The van der Waals surface area contributed by atoms with Crippen LogP contribution in [0.2, 0.25) is 0 Å². The Labute approximate surface area is 117 Å². The number of H-pyrrole nitrogens is 1. The smallest absolute Gasteiger partial charge is 0.142 e. The van der Waals surface area contributed by atoms with E-state index >= 15 is 0 Å². The van der Waals surface area contributed by atoms with Gasteiger partial charge in [-0.05, 0) is 12.0 Å². The van der Waals surface area contributed by atoms with E-state index in [4.69, 9.17) is 0 Å². The fourth-order valence-corrected chi connectivity index (χ4v) is 2.37. The summed E-state index contributed by atoms with van der Waals surface area (Å²) in [6.45, 7) is 4.36. The topological polar surface area (TPSA) is 71.4 Å². The van der Waals surface area contributed by atoms with Crippen LogP contribution in [-0.2, 0) is 7.05 Å². The summed E-state index contributed by atoms with van der Waals surface area (Å²) < 4.78 is 1.82. The molecule has 6 heteroatoms. The molecule has 104 valence electrons. The van der Waals surface area contributed by atoms with Gasteiger partial charge in [0.25, 0.3) is 0 Å². The van der Waals surface area contributed by atoms with Gasteiger partial charge in [0.05, 0.1) is 17.6 Å². The molecule has 0 aliphatic rings. The molecule has 1 atom stereocenters. The summed E-state index contributed by atoms with van der Waals surface area (Å²) in [6.07, 6.45) is 7.38. The van der Waals surface area contributed by atoms with Gasteiger partial charge in [0.15, 0.2) is 0 Å². The van der Waals surface area contributed by atoms with E-state index in [0.29, 0.717) is 5.92 Å². The van der Waals surface area contributed by atoms with Crippen LogP contribution in [0.4, 0.5) is 5.82 Å². The summed E-state index contributed by atoms with van der Waals surface area (Å²) in [5, 5.41) is 8.77. The molecule has 3 aromatic heterocycles. The van der Waals surface area contributed by atoms with Crippen molar-refractivity contribution in [2.75, 3.05) is 5.32 Å². The third-order valence-electron chi connectivity index (χ3n) is 3.40. The van der Waals surface area contributed by atoms with Crippen LogP contribution in [0.3, 0.4) is 0 Å². The van der Waals surface area contributed by atoms with Crippen LogP contribution in [-0.4, -0.2) is 24.7 Å². The summed E-state index contributed by atoms with van der Waals surface area (Å²) in [6, 6.07) is 2.15. The lowest BCUT2D eigenvalue weighted by molar-refractivity contribution is 0.545. The van der Waals surface area contributed by atoms with E-state index in [2.05, 4.69) is 39.2 Å². The van der Waals surface area contributed by atoms with E-state index in [1.165, 1.54) is 0 Å². The number of hydrogen-bond donors (Lipinski definition) is 2. The molecule has 0 bridgehead atoms. The summed E-state index contributed by atoms with van der Waals surface area (Å²) in [4.78, 5) is 11.7. The average Bonchev–Trinajstić information content (AvgIpc) is 3.04. The van der Waals surface area contributed by atoms with Crippen LogP contribution in [0.15, 0.2) is 31.0 Å². The summed E-state index contributed by atoms with van der Waals surface area (Å²) in [5.41, 5.74) is 2.00. The summed E-state index contributed by atoms with van der Waals surface area (Å²) in [5.74, 6) is 1.27. The van der Waals surface area contributed by atoms with Crippen LogP contribution in [0.25, 0.3) is 11.0 Å². The molecule has 3 rings (SSSR count). The minimum atomic E-state index is 0.164. The molecule has 0 aliphatic carbocycles. The number of anilines is 1. The number of rotatable bonds is 4. The van der Waals surface area contributed by atoms with Gasteiger partial charge in [-0.25, -0.2) is 9.97 Å². The average molecular weight is 270 g/mol. The van der Waals surface area contributed by atoms with Crippen molar-refractivity contribution in [2.24, 2.45) is 13.0 Å². The number of nitrogens with zero attached hydrogens (tertiary/aromatic N) is 4. The van der Waals surface area contributed by atoms with Gasteiger partial charge in [0, 0.05) is 25.0 Å². The van der Waals surface area contributed by atoms with Gasteiger partial charge < -0.3 is 10.3 Å². The second kappa shape index (κ2) is 4.96. The van der Waals surface area contributed by atoms with Crippen LogP contribution in [0.1, 0.15) is 25.5 Å². The van der Waals surface area contributed by atoms with Crippen LogP contribution < -0.4 is 5.32 Å². The largest absolute Gasteiger partial charge is 0.362 e. The van der Waals surface area contributed by atoms with Gasteiger partial charge in [-0.1, -0.05) is 13.8 Å². The maximum Gasteiger partial charge on any atom is 0.142 e. The maximum atomic E-state index is 4.36. The number of aryl methyl sites for hydroxylation is 1. The predicted octanol–water partition coefficient (Wildman–Crippen LogP) is 2.50.